The molecule has 166 valence electrons. The SMILES string of the molecule is O=C(O)c1cccc(N/N=C/c2cn(-c3ccccc3)nc2-c2cc3ccccc3oc2=O)c1. The van der Waals surface area contributed by atoms with Crippen LogP contribution in [0.5, 0.6) is 0 Å². The molecule has 0 amide bonds. The van der Waals surface area contributed by atoms with Crippen molar-refractivity contribution in [3.8, 4) is 16.9 Å². The van der Waals surface area contributed by atoms with Crippen molar-refractivity contribution in [3.05, 3.63) is 113 Å². The number of carboxylic acid groups (broad SMARTS) is 1. The summed E-state index contributed by atoms with van der Waals surface area (Å²) in [6, 6.07) is 24.8. The number of hydrogen-bond donors (Lipinski definition) is 2. The maximum absolute atomic E-state index is 12.8. The molecule has 5 aromatic rings. The van der Waals surface area contributed by atoms with E-state index in [-0.39, 0.29) is 5.56 Å². The Bertz CT molecular complexity index is 1590. The molecule has 2 aromatic heterocycles. The van der Waals surface area contributed by atoms with Crippen molar-refractivity contribution in [1.29, 1.82) is 0 Å². The van der Waals surface area contributed by atoms with Crippen molar-refractivity contribution in [2.24, 2.45) is 5.10 Å². The molecule has 0 bridgehead atoms. The fourth-order valence-electron chi connectivity index (χ4n) is 3.53. The van der Waals surface area contributed by atoms with Crippen LogP contribution >= 0.6 is 0 Å². The van der Waals surface area contributed by atoms with Crippen molar-refractivity contribution >= 4 is 28.8 Å². The van der Waals surface area contributed by atoms with Crippen molar-refractivity contribution in [1.82, 2.24) is 9.78 Å². The normalized spacial score (nSPS) is 11.2. The van der Waals surface area contributed by atoms with Gasteiger partial charge in [-0.25, -0.2) is 14.3 Å². The first-order valence-electron chi connectivity index (χ1n) is 10.4. The number of hydrazone groups is 1. The molecule has 0 atom stereocenters. The first-order chi connectivity index (χ1) is 16.6. The molecule has 0 aliphatic heterocycles. The van der Waals surface area contributed by atoms with Gasteiger partial charge in [-0.15, -0.1) is 0 Å². The quantitative estimate of drug-likeness (QED) is 0.219. The van der Waals surface area contributed by atoms with Crippen LogP contribution in [-0.4, -0.2) is 27.1 Å². The predicted octanol–water partition coefficient (Wildman–Crippen LogP) is 4.79. The lowest BCUT2D eigenvalue weighted by atomic mass is 10.1. The van der Waals surface area contributed by atoms with Crippen LogP contribution in [0.15, 0.2) is 105 Å². The Hall–Kier alpha value is -4.98. The highest BCUT2D eigenvalue weighted by Crippen LogP contribution is 2.24. The average molecular weight is 450 g/mol. The van der Waals surface area contributed by atoms with Gasteiger partial charge in [0.25, 0.3) is 0 Å². The summed E-state index contributed by atoms with van der Waals surface area (Å²) in [5.41, 5.74) is 5.58. The van der Waals surface area contributed by atoms with Crippen LogP contribution < -0.4 is 11.1 Å². The zero-order chi connectivity index (χ0) is 23.5. The van der Waals surface area contributed by atoms with E-state index in [0.717, 1.165) is 11.1 Å². The summed E-state index contributed by atoms with van der Waals surface area (Å²) < 4.78 is 7.17. The Kier molecular flexibility index (Phi) is 5.45. The molecular formula is C26H18N4O4. The molecule has 0 saturated heterocycles. The number of carbonyl (C=O) groups is 1. The summed E-state index contributed by atoms with van der Waals surface area (Å²) in [6.07, 6.45) is 3.29. The fourth-order valence-corrected chi connectivity index (χ4v) is 3.53. The van der Waals surface area contributed by atoms with Crippen LogP contribution in [0.2, 0.25) is 0 Å². The number of hydrogen-bond acceptors (Lipinski definition) is 6. The third-order valence-corrected chi connectivity index (χ3v) is 5.17. The van der Waals surface area contributed by atoms with Gasteiger partial charge in [0.15, 0.2) is 0 Å². The average Bonchev–Trinajstić information content (AvgIpc) is 3.28. The van der Waals surface area contributed by atoms with E-state index in [0.29, 0.717) is 28.1 Å². The number of benzene rings is 3. The van der Waals surface area contributed by atoms with E-state index >= 15 is 0 Å². The van der Waals surface area contributed by atoms with Crippen molar-refractivity contribution in [3.63, 3.8) is 0 Å². The van der Waals surface area contributed by atoms with E-state index < -0.39 is 11.6 Å². The third-order valence-electron chi connectivity index (χ3n) is 5.17. The number of aromatic carboxylic acids is 1. The van der Waals surface area contributed by atoms with Gasteiger partial charge in [0.2, 0.25) is 0 Å². The van der Waals surface area contributed by atoms with Gasteiger partial charge < -0.3 is 9.52 Å². The summed E-state index contributed by atoms with van der Waals surface area (Å²) in [5, 5.41) is 18.8. The fraction of sp³-hybridized carbons (Fsp3) is 0. The van der Waals surface area contributed by atoms with Gasteiger partial charge in [0.05, 0.1) is 28.7 Å². The largest absolute Gasteiger partial charge is 0.478 e. The summed E-state index contributed by atoms with van der Waals surface area (Å²) in [5.74, 6) is -1.03. The minimum Gasteiger partial charge on any atom is -0.478 e. The van der Waals surface area contributed by atoms with Gasteiger partial charge in [-0.2, -0.15) is 10.2 Å². The zero-order valence-corrected chi connectivity index (χ0v) is 17.8. The Labute approximate surface area is 193 Å². The van der Waals surface area contributed by atoms with Crippen molar-refractivity contribution in [2.45, 2.75) is 0 Å². The molecule has 3 aromatic carbocycles. The molecule has 34 heavy (non-hydrogen) atoms. The van der Waals surface area contributed by atoms with E-state index in [9.17, 15) is 14.7 Å². The van der Waals surface area contributed by atoms with Crippen LogP contribution in [0.1, 0.15) is 15.9 Å². The number of carboxylic acids is 1. The predicted molar refractivity (Wildman–Crippen MR) is 130 cm³/mol. The van der Waals surface area contributed by atoms with E-state index in [1.54, 1.807) is 41.2 Å². The Balaban J connectivity index is 1.56. The third kappa shape index (κ3) is 4.20. The number of nitrogens with zero attached hydrogens (tertiary/aromatic N) is 3. The maximum atomic E-state index is 12.8. The molecule has 8 nitrogen and oxygen atoms in total. The number of aromatic nitrogens is 2. The highest BCUT2D eigenvalue weighted by molar-refractivity contribution is 5.91. The van der Waals surface area contributed by atoms with Crippen LogP contribution in [0.25, 0.3) is 27.9 Å². The summed E-state index contributed by atoms with van der Waals surface area (Å²) in [6.45, 7) is 0. The molecule has 0 fully saturated rings. The zero-order valence-electron chi connectivity index (χ0n) is 17.8. The van der Waals surface area contributed by atoms with Gasteiger partial charge in [-0.1, -0.05) is 42.5 Å². The molecule has 0 spiro atoms. The van der Waals surface area contributed by atoms with Crippen LogP contribution in [-0.2, 0) is 0 Å². The molecule has 0 aliphatic rings. The number of anilines is 1. The lowest BCUT2D eigenvalue weighted by Crippen LogP contribution is -2.05. The maximum Gasteiger partial charge on any atom is 0.345 e. The topological polar surface area (TPSA) is 110 Å². The summed E-state index contributed by atoms with van der Waals surface area (Å²) in [4.78, 5) is 24.0. The number of fused-ring (bicyclic) bond motifs is 1. The standard InChI is InChI=1S/C26H18N4O4/c31-25(32)18-8-6-9-20(13-18)28-27-15-19-16-30(21-10-2-1-3-11-21)29-24(19)22-14-17-7-4-5-12-23(17)34-26(22)33/h1-16,28H,(H,31,32)/b27-15+. The number of para-hydroxylation sites is 2. The molecule has 2 heterocycles. The number of nitrogens with one attached hydrogen (secondary N) is 1. The van der Waals surface area contributed by atoms with E-state index in [4.69, 9.17) is 4.42 Å². The van der Waals surface area contributed by atoms with E-state index in [1.807, 2.05) is 42.5 Å². The first-order valence-corrected chi connectivity index (χ1v) is 10.4. The summed E-state index contributed by atoms with van der Waals surface area (Å²) >= 11 is 0. The van der Waals surface area contributed by atoms with Gasteiger partial charge in [-0.3, -0.25) is 5.43 Å². The molecule has 8 heteroatoms. The number of rotatable bonds is 6. The second kappa shape index (κ2) is 8.87. The van der Waals surface area contributed by atoms with Crippen LogP contribution in [0, 0.1) is 0 Å². The molecule has 5 rings (SSSR count). The van der Waals surface area contributed by atoms with Gasteiger partial charge in [-0.05, 0) is 42.5 Å². The highest BCUT2D eigenvalue weighted by atomic mass is 16.4. The Morgan fingerprint density at radius 1 is 1.00 bits per heavy atom. The van der Waals surface area contributed by atoms with E-state index in [2.05, 4.69) is 15.6 Å². The van der Waals surface area contributed by atoms with Crippen LogP contribution in [0.3, 0.4) is 0 Å². The molecule has 2 N–H and O–H groups in total. The summed E-state index contributed by atoms with van der Waals surface area (Å²) in [7, 11) is 0. The lowest BCUT2D eigenvalue weighted by molar-refractivity contribution is 0.0697. The Morgan fingerprint density at radius 3 is 2.62 bits per heavy atom. The molecule has 0 radical (unpaired) electrons. The second-order valence-electron chi connectivity index (χ2n) is 7.45. The lowest BCUT2D eigenvalue weighted by Gasteiger charge is -2.02. The molecule has 0 saturated carbocycles. The monoisotopic (exact) mass is 450 g/mol. The van der Waals surface area contributed by atoms with E-state index in [1.165, 1.54) is 18.3 Å². The van der Waals surface area contributed by atoms with Gasteiger partial charge >= 0.3 is 11.6 Å². The molecular weight excluding hydrogens is 432 g/mol. The Morgan fingerprint density at radius 2 is 1.79 bits per heavy atom. The van der Waals surface area contributed by atoms with Crippen LogP contribution in [0.4, 0.5) is 5.69 Å². The smallest absolute Gasteiger partial charge is 0.345 e. The van der Waals surface area contributed by atoms with Gasteiger partial charge in [0.1, 0.15) is 11.3 Å². The molecule has 0 aliphatic carbocycles. The first kappa shape index (κ1) is 20.9. The highest BCUT2D eigenvalue weighted by Gasteiger charge is 2.16. The van der Waals surface area contributed by atoms with Gasteiger partial charge in [0, 0.05) is 17.1 Å². The second-order valence-corrected chi connectivity index (χ2v) is 7.45. The van der Waals surface area contributed by atoms with Crippen molar-refractivity contribution < 1.29 is 14.3 Å². The molecule has 0 unspecified atom stereocenters. The minimum atomic E-state index is -1.03. The minimum absolute atomic E-state index is 0.145. The van der Waals surface area contributed by atoms with Crippen molar-refractivity contribution in [2.75, 3.05) is 5.43 Å².